The summed E-state index contributed by atoms with van der Waals surface area (Å²) in [4.78, 5) is 12.4. The minimum Gasteiger partial charge on any atom is -0.493 e. The zero-order valence-electron chi connectivity index (χ0n) is 15.4. The molecular weight excluding hydrogens is 352 g/mol. The first kappa shape index (κ1) is 21.8. The fourth-order valence-electron chi connectivity index (χ4n) is 2.58. The molecule has 0 saturated heterocycles. The van der Waals surface area contributed by atoms with Crippen molar-refractivity contribution in [2.24, 2.45) is 11.7 Å². The Hall–Kier alpha value is -2.24. The smallest absolute Gasteiger partial charge is 0.225 e. The van der Waals surface area contributed by atoms with E-state index in [9.17, 15) is 4.79 Å². The fourth-order valence-corrected chi connectivity index (χ4v) is 2.58. The van der Waals surface area contributed by atoms with Crippen molar-refractivity contribution in [3.63, 3.8) is 0 Å². The summed E-state index contributed by atoms with van der Waals surface area (Å²) in [5.41, 5.74) is 8.11. The van der Waals surface area contributed by atoms with Crippen molar-refractivity contribution in [2.75, 3.05) is 13.7 Å². The second kappa shape index (κ2) is 10.7. The Morgan fingerprint density at radius 2 is 1.85 bits per heavy atom. The molecule has 2 aromatic carbocycles. The maximum Gasteiger partial charge on any atom is 0.225 e. The molecule has 2 rings (SSSR count). The van der Waals surface area contributed by atoms with E-state index in [1.807, 2.05) is 62.4 Å². The highest BCUT2D eigenvalue weighted by Crippen LogP contribution is 2.28. The van der Waals surface area contributed by atoms with Gasteiger partial charge in [0.2, 0.25) is 5.91 Å². The summed E-state index contributed by atoms with van der Waals surface area (Å²) in [5.74, 6) is 0.944. The Labute approximate surface area is 161 Å². The highest BCUT2D eigenvalue weighted by atomic mass is 35.5. The van der Waals surface area contributed by atoms with E-state index in [-0.39, 0.29) is 30.3 Å². The summed E-state index contributed by atoms with van der Waals surface area (Å²) in [6, 6.07) is 14.9. The number of nitrogens with one attached hydrogen (secondary N) is 1. The van der Waals surface area contributed by atoms with Gasteiger partial charge in [-0.15, -0.1) is 12.4 Å². The first-order valence-electron chi connectivity index (χ1n) is 8.44. The molecule has 0 aromatic heterocycles. The van der Waals surface area contributed by atoms with Crippen molar-refractivity contribution in [3.8, 4) is 11.5 Å². The van der Waals surface area contributed by atoms with Crippen molar-refractivity contribution in [3.05, 3.63) is 59.7 Å². The van der Waals surface area contributed by atoms with Gasteiger partial charge in [-0.2, -0.15) is 0 Å². The first-order valence-corrected chi connectivity index (χ1v) is 8.44. The van der Waals surface area contributed by atoms with Crippen LogP contribution in [0.4, 0.5) is 0 Å². The third kappa shape index (κ3) is 5.64. The predicted octanol–water partition coefficient (Wildman–Crippen LogP) is 3.47. The monoisotopic (exact) mass is 378 g/mol. The van der Waals surface area contributed by atoms with E-state index in [0.717, 1.165) is 11.1 Å². The molecule has 26 heavy (non-hydrogen) atoms. The summed E-state index contributed by atoms with van der Waals surface area (Å²) < 4.78 is 10.8. The Bertz CT molecular complexity index is 695. The molecule has 142 valence electrons. The normalized spacial score (nSPS) is 12.5. The molecule has 2 unspecified atom stereocenters. The maximum absolute atomic E-state index is 12.4. The number of hydrogen-bond acceptors (Lipinski definition) is 4. The first-order chi connectivity index (χ1) is 12.1. The zero-order chi connectivity index (χ0) is 18.2. The average Bonchev–Trinajstić information content (AvgIpc) is 2.66. The van der Waals surface area contributed by atoms with Crippen LogP contribution in [-0.4, -0.2) is 19.6 Å². The quantitative estimate of drug-likeness (QED) is 0.737. The predicted molar refractivity (Wildman–Crippen MR) is 106 cm³/mol. The van der Waals surface area contributed by atoms with E-state index in [1.165, 1.54) is 0 Å². The number of benzene rings is 2. The molecule has 0 spiro atoms. The number of halogens is 1. The molecule has 2 aromatic rings. The third-order valence-electron chi connectivity index (χ3n) is 4.13. The number of rotatable bonds is 8. The van der Waals surface area contributed by atoms with E-state index in [2.05, 4.69) is 5.32 Å². The number of carbonyl (C=O) groups is 1. The second-order valence-corrected chi connectivity index (χ2v) is 5.86. The molecule has 1 amide bonds. The molecule has 6 heteroatoms. The van der Waals surface area contributed by atoms with Crippen LogP contribution >= 0.6 is 12.4 Å². The van der Waals surface area contributed by atoms with Crippen LogP contribution in [-0.2, 0) is 11.3 Å². The lowest BCUT2D eigenvalue weighted by molar-refractivity contribution is -0.125. The van der Waals surface area contributed by atoms with Gasteiger partial charge in [0.15, 0.2) is 11.5 Å². The van der Waals surface area contributed by atoms with Gasteiger partial charge < -0.3 is 20.5 Å². The molecule has 2 atom stereocenters. The van der Waals surface area contributed by atoms with Crippen molar-refractivity contribution >= 4 is 18.3 Å². The van der Waals surface area contributed by atoms with Gasteiger partial charge in [-0.1, -0.05) is 43.3 Å². The van der Waals surface area contributed by atoms with Crippen LogP contribution < -0.4 is 20.5 Å². The van der Waals surface area contributed by atoms with Crippen LogP contribution in [0.1, 0.15) is 31.0 Å². The molecule has 0 saturated carbocycles. The molecule has 0 radical (unpaired) electrons. The van der Waals surface area contributed by atoms with Gasteiger partial charge in [0.1, 0.15) is 0 Å². The largest absolute Gasteiger partial charge is 0.493 e. The van der Waals surface area contributed by atoms with Crippen LogP contribution in [0.25, 0.3) is 0 Å². The summed E-state index contributed by atoms with van der Waals surface area (Å²) >= 11 is 0. The molecule has 3 N–H and O–H groups in total. The molecule has 0 aliphatic rings. The SMILES string of the molecule is CCOc1cc(CNC(=O)C(C)C(N)c2ccccc2)ccc1OC.Cl. The summed E-state index contributed by atoms with van der Waals surface area (Å²) in [6.07, 6.45) is 0. The standard InChI is InChI=1S/C20H26N2O3.ClH/c1-4-25-18-12-15(10-11-17(18)24-3)13-22-20(23)14(2)19(21)16-8-6-5-7-9-16;/h5-12,14,19H,4,13,21H2,1-3H3,(H,22,23);1H. The fraction of sp³-hybridized carbons (Fsp3) is 0.350. The molecule has 5 nitrogen and oxygen atoms in total. The Morgan fingerprint density at radius 1 is 1.15 bits per heavy atom. The minimum atomic E-state index is -0.337. The van der Waals surface area contributed by atoms with Gasteiger partial charge in [0.25, 0.3) is 0 Å². The van der Waals surface area contributed by atoms with Crippen molar-refractivity contribution < 1.29 is 14.3 Å². The van der Waals surface area contributed by atoms with Crippen molar-refractivity contribution in [1.82, 2.24) is 5.32 Å². The highest BCUT2D eigenvalue weighted by molar-refractivity contribution is 5.85. The molecule has 0 fully saturated rings. The highest BCUT2D eigenvalue weighted by Gasteiger charge is 2.21. The van der Waals surface area contributed by atoms with E-state index >= 15 is 0 Å². The molecule has 0 bridgehead atoms. The van der Waals surface area contributed by atoms with E-state index < -0.39 is 0 Å². The van der Waals surface area contributed by atoms with Crippen LogP contribution in [0.2, 0.25) is 0 Å². The summed E-state index contributed by atoms with van der Waals surface area (Å²) in [7, 11) is 1.60. The van der Waals surface area contributed by atoms with Crippen LogP contribution in [0.5, 0.6) is 11.5 Å². The van der Waals surface area contributed by atoms with Gasteiger partial charge in [-0.25, -0.2) is 0 Å². The number of nitrogens with two attached hydrogens (primary N) is 1. The topological polar surface area (TPSA) is 73.6 Å². The van der Waals surface area contributed by atoms with E-state index in [4.69, 9.17) is 15.2 Å². The maximum atomic E-state index is 12.4. The van der Waals surface area contributed by atoms with E-state index in [1.54, 1.807) is 7.11 Å². The van der Waals surface area contributed by atoms with Crippen molar-refractivity contribution in [2.45, 2.75) is 26.4 Å². The Morgan fingerprint density at radius 3 is 2.46 bits per heavy atom. The van der Waals surface area contributed by atoms with Crippen LogP contribution in [0.3, 0.4) is 0 Å². The van der Waals surface area contributed by atoms with E-state index in [0.29, 0.717) is 24.7 Å². The molecule has 0 aliphatic heterocycles. The van der Waals surface area contributed by atoms with Crippen LogP contribution in [0, 0.1) is 5.92 Å². The molecule has 0 aliphatic carbocycles. The summed E-state index contributed by atoms with van der Waals surface area (Å²) in [6.45, 7) is 4.72. The minimum absolute atomic E-state index is 0. The lowest BCUT2D eigenvalue weighted by atomic mass is 9.94. The Kier molecular flexibility index (Phi) is 8.96. The zero-order valence-corrected chi connectivity index (χ0v) is 16.2. The molecule has 0 heterocycles. The van der Waals surface area contributed by atoms with Gasteiger partial charge in [0, 0.05) is 12.6 Å². The lowest BCUT2D eigenvalue weighted by Gasteiger charge is -2.20. The Balaban J connectivity index is 0.00000338. The number of carbonyl (C=O) groups excluding carboxylic acids is 1. The average molecular weight is 379 g/mol. The van der Waals surface area contributed by atoms with Gasteiger partial charge in [0.05, 0.1) is 19.6 Å². The number of hydrogen-bond donors (Lipinski definition) is 2. The van der Waals surface area contributed by atoms with Gasteiger partial charge >= 0.3 is 0 Å². The number of amides is 1. The van der Waals surface area contributed by atoms with Crippen molar-refractivity contribution in [1.29, 1.82) is 0 Å². The van der Waals surface area contributed by atoms with Gasteiger partial charge in [-0.05, 0) is 30.2 Å². The number of ether oxygens (including phenoxy) is 2. The number of methoxy groups -OCH3 is 1. The summed E-state index contributed by atoms with van der Waals surface area (Å²) in [5, 5.41) is 2.94. The second-order valence-electron chi connectivity index (χ2n) is 5.86. The third-order valence-corrected chi connectivity index (χ3v) is 4.13. The molecular formula is C20H27ClN2O3. The van der Waals surface area contributed by atoms with Crippen LogP contribution in [0.15, 0.2) is 48.5 Å². The lowest BCUT2D eigenvalue weighted by Crippen LogP contribution is -2.35. The van der Waals surface area contributed by atoms with Gasteiger partial charge in [-0.3, -0.25) is 4.79 Å².